The highest BCUT2D eigenvalue weighted by atomic mass is 28.2. The van der Waals surface area contributed by atoms with E-state index in [4.69, 9.17) is 4.80 Å². The van der Waals surface area contributed by atoms with Gasteiger partial charge in [0, 0.05) is 0 Å². The largest absolute Gasteiger partial charge is 0.432 e. The van der Waals surface area contributed by atoms with Gasteiger partial charge in [0.05, 0.1) is 0 Å². The van der Waals surface area contributed by atoms with E-state index in [1.54, 1.807) is 0 Å². The second kappa shape index (κ2) is 6.67. The molecule has 0 saturated heterocycles. The molecule has 72 valence electrons. The lowest BCUT2D eigenvalue weighted by Crippen LogP contribution is -2.10. The standard InChI is InChI=1S/C10H22OSi/c1-4-7-10(2,3)8-5-6-9-12-11/h11H,4-9H2,1-3H3. The Balaban J connectivity index is 3.33. The summed E-state index contributed by atoms with van der Waals surface area (Å²) in [4.78, 5) is 8.63. The zero-order valence-corrected chi connectivity index (χ0v) is 9.69. The van der Waals surface area contributed by atoms with Gasteiger partial charge in [-0.1, -0.05) is 40.0 Å². The van der Waals surface area contributed by atoms with Crippen LogP contribution >= 0.6 is 0 Å². The van der Waals surface area contributed by atoms with Crippen molar-refractivity contribution in [2.75, 3.05) is 0 Å². The van der Waals surface area contributed by atoms with Crippen molar-refractivity contribution in [1.29, 1.82) is 0 Å². The molecule has 1 N–H and O–H groups in total. The minimum atomic E-state index is 0.152. The molecule has 0 saturated carbocycles. The Morgan fingerprint density at radius 3 is 2.33 bits per heavy atom. The lowest BCUT2D eigenvalue weighted by Gasteiger charge is -2.23. The summed E-state index contributed by atoms with van der Waals surface area (Å²) in [5, 5.41) is 0. The van der Waals surface area contributed by atoms with Crippen LogP contribution in [0, 0.1) is 5.41 Å². The third-order valence-electron chi connectivity index (χ3n) is 2.32. The molecule has 0 aliphatic carbocycles. The van der Waals surface area contributed by atoms with E-state index in [1.807, 2.05) is 0 Å². The topological polar surface area (TPSA) is 20.2 Å². The summed E-state index contributed by atoms with van der Waals surface area (Å²) in [6, 6.07) is 1.00. The van der Waals surface area contributed by atoms with Gasteiger partial charge in [-0.2, -0.15) is 0 Å². The average Bonchev–Trinajstić information content (AvgIpc) is 1.98. The first-order valence-corrected chi connectivity index (χ1v) is 6.15. The molecular weight excluding hydrogens is 164 g/mol. The summed E-state index contributed by atoms with van der Waals surface area (Å²) in [5.74, 6) is 0. The minimum Gasteiger partial charge on any atom is -0.432 e. The van der Waals surface area contributed by atoms with Crippen LogP contribution in [0.25, 0.3) is 0 Å². The van der Waals surface area contributed by atoms with E-state index in [0.717, 1.165) is 6.04 Å². The van der Waals surface area contributed by atoms with Gasteiger partial charge in [-0.25, -0.2) is 0 Å². The fraction of sp³-hybridized carbons (Fsp3) is 1.00. The lowest BCUT2D eigenvalue weighted by atomic mass is 9.83. The normalized spacial score (nSPS) is 12.0. The highest BCUT2D eigenvalue weighted by Gasteiger charge is 2.15. The van der Waals surface area contributed by atoms with Gasteiger partial charge >= 0.3 is 0 Å². The first kappa shape index (κ1) is 12.2. The van der Waals surface area contributed by atoms with Crippen molar-refractivity contribution in [2.45, 2.75) is 58.9 Å². The van der Waals surface area contributed by atoms with Crippen LogP contribution in [0.15, 0.2) is 0 Å². The van der Waals surface area contributed by atoms with E-state index in [0.29, 0.717) is 5.41 Å². The Morgan fingerprint density at radius 2 is 1.83 bits per heavy atom. The molecule has 0 spiro atoms. The van der Waals surface area contributed by atoms with Crippen molar-refractivity contribution >= 4 is 9.76 Å². The Hall–Kier alpha value is 0.177. The number of hydrogen-bond donors (Lipinski definition) is 1. The maximum Gasteiger partial charge on any atom is 0.224 e. The first-order valence-electron chi connectivity index (χ1n) is 4.99. The molecule has 0 bridgehead atoms. The van der Waals surface area contributed by atoms with Crippen molar-refractivity contribution in [2.24, 2.45) is 5.41 Å². The molecule has 2 radical (unpaired) electrons. The van der Waals surface area contributed by atoms with E-state index >= 15 is 0 Å². The zero-order chi connectivity index (χ0) is 9.45. The second-order valence-corrected chi connectivity index (χ2v) is 5.10. The molecule has 0 aromatic rings. The second-order valence-electron chi connectivity index (χ2n) is 4.28. The first-order chi connectivity index (χ1) is 5.62. The van der Waals surface area contributed by atoms with Crippen LogP contribution in [0.5, 0.6) is 0 Å². The molecule has 2 heteroatoms. The highest BCUT2D eigenvalue weighted by molar-refractivity contribution is 6.25. The Kier molecular flexibility index (Phi) is 6.77. The molecule has 0 aromatic carbocycles. The summed E-state index contributed by atoms with van der Waals surface area (Å²) in [6.45, 7) is 6.94. The Labute approximate surface area is 79.5 Å². The smallest absolute Gasteiger partial charge is 0.224 e. The third-order valence-corrected chi connectivity index (χ3v) is 2.90. The van der Waals surface area contributed by atoms with Gasteiger partial charge in [-0.15, -0.1) is 0 Å². The number of rotatable bonds is 7. The van der Waals surface area contributed by atoms with Crippen LogP contribution in [0.1, 0.15) is 52.9 Å². The highest BCUT2D eigenvalue weighted by Crippen LogP contribution is 2.28. The molecule has 12 heavy (non-hydrogen) atoms. The summed E-state index contributed by atoms with van der Waals surface area (Å²) in [7, 11) is 0.152. The summed E-state index contributed by atoms with van der Waals surface area (Å²) < 4.78 is 0. The van der Waals surface area contributed by atoms with Crippen LogP contribution in [-0.2, 0) is 0 Å². The van der Waals surface area contributed by atoms with Crippen LogP contribution in [0.3, 0.4) is 0 Å². The summed E-state index contributed by atoms with van der Waals surface area (Å²) >= 11 is 0. The minimum absolute atomic E-state index is 0.152. The predicted molar refractivity (Wildman–Crippen MR) is 55.3 cm³/mol. The molecule has 0 heterocycles. The lowest BCUT2D eigenvalue weighted by molar-refractivity contribution is 0.294. The molecule has 0 aromatic heterocycles. The number of unbranched alkanes of at least 4 members (excludes halogenated alkanes) is 1. The van der Waals surface area contributed by atoms with Gasteiger partial charge in [0.1, 0.15) is 0 Å². The molecule has 0 unspecified atom stereocenters. The van der Waals surface area contributed by atoms with Crippen LogP contribution in [-0.4, -0.2) is 14.6 Å². The van der Waals surface area contributed by atoms with Crippen LogP contribution < -0.4 is 0 Å². The van der Waals surface area contributed by atoms with Crippen LogP contribution in [0.2, 0.25) is 6.04 Å². The van der Waals surface area contributed by atoms with Crippen molar-refractivity contribution in [3.8, 4) is 0 Å². The zero-order valence-electron chi connectivity index (χ0n) is 8.69. The molecule has 0 amide bonds. The summed E-state index contributed by atoms with van der Waals surface area (Å²) in [5.41, 5.74) is 0.521. The molecule has 0 fully saturated rings. The third kappa shape index (κ3) is 6.86. The number of hydrogen-bond acceptors (Lipinski definition) is 1. The van der Waals surface area contributed by atoms with Gasteiger partial charge in [0.25, 0.3) is 0 Å². The van der Waals surface area contributed by atoms with E-state index < -0.39 is 0 Å². The van der Waals surface area contributed by atoms with E-state index in [1.165, 1.54) is 32.1 Å². The van der Waals surface area contributed by atoms with Crippen molar-refractivity contribution in [3.63, 3.8) is 0 Å². The van der Waals surface area contributed by atoms with E-state index in [-0.39, 0.29) is 9.76 Å². The van der Waals surface area contributed by atoms with E-state index in [2.05, 4.69) is 20.8 Å². The van der Waals surface area contributed by atoms with Crippen LogP contribution in [0.4, 0.5) is 0 Å². The van der Waals surface area contributed by atoms with Gasteiger partial charge in [0.2, 0.25) is 9.76 Å². The Bertz CT molecular complexity index is 102. The fourth-order valence-corrected chi connectivity index (χ4v) is 2.02. The van der Waals surface area contributed by atoms with Gasteiger partial charge in [-0.3, -0.25) is 0 Å². The Morgan fingerprint density at radius 1 is 1.17 bits per heavy atom. The maximum atomic E-state index is 8.63. The van der Waals surface area contributed by atoms with Crippen molar-refractivity contribution < 1.29 is 4.80 Å². The fourth-order valence-electron chi connectivity index (χ4n) is 1.61. The molecular formula is C10H22OSi. The average molecular weight is 186 g/mol. The quantitative estimate of drug-likeness (QED) is 0.479. The monoisotopic (exact) mass is 186 g/mol. The predicted octanol–water partition coefficient (Wildman–Crippen LogP) is 3.01. The molecule has 0 aliphatic rings. The molecule has 1 nitrogen and oxygen atoms in total. The van der Waals surface area contributed by atoms with E-state index in [9.17, 15) is 0 Å². The molecule has 0 atom stereocenters. The van der Waals surface area contributed by atoms with Gasteiger partial charge < -0.3 is 4.80 Å². The molecule has 0 aliphatic heterocycles. The van der Waals surface area contributed by atoms with Crippen molar-refractivity contribution in [3.05, 3.63) is 0 Å². The maximum absolute atomic E-state index is 8.63. The van der Waals surface area contributed by atoms with Gasteiger partial charge in [-0.05, 0) is 24.3 Å². The van der Waals surface area contributed by atoms with Crippen molar-refractivity contribution in [1.82, 2.24) is 0 Å². The molecule has 0 rings (SSSR count). The summed E-state index contributed by atoms with van der Waals surface area (Å²) in [6.07, 6.45) is 6.40. The SMILES string of the molecule is CCCC(C)(C)CCCC[Si]O. The van der Waals surface area contributed by atoms with Gasteiger partial charge in [0.15, 0.2) is 0 Å².